The van der Waals surface area contributed by atoms with Gasteiger partial charge in [0.05, 0.1) is 17.7 Å². The third-order valence-corrected chi connectivity index (χ3v) is 6.91. The van der Waals surface area contributed by atoms with Crippen LogP contribution in [0.25, 0.3) is 0 Å². The lowest BCUT2D eigenvalue weighted by Crippen LogP contribution is -2.43. The lowest BCUT2D eigenvalue weighted by atomic mass is 9.86. The van der Waals surface area contributed by atoms with Crippen molar-refractivity contribution in [2.75, 3.05) is 11.9 Å². The Morgan fingerprint density at radius 3 is 2.30 bits per heavy atom. The van der Waals surface area contributed by atoms with Crippen LogP contribution in [0.1, 0.15) is 53.6 Å². The van der Waals surface area contributed by atoms with Crippen LogP contribution in [-0.4, -0.2) is 23.8 Å². The Balaban J connectivity index is 1.51. The summed E-state index contributed by atoms with van der Waals surface area (Å²) in [7, 11) is 0. The number of alkyl halides is 3. The van der Waals surface area contributed by atoms with Gasteiger partial charge in [-0.2, -0.15) is 13.2 Å². The first kappa shape index (κ1) is 27.1. The zero-order valence-electron chi connectivity index (χ0n) is 20.6. The number of aliphatic hydroxyl groups excluding tert-OH is 1. The van der Waals surface area contributed by atoms with Gasteiger partial charge in [-0.3, -0.25) is 0 Å². The molecule has 0 unspecified atom stereocenters. The molecule has 1 aliphatic rings. The molecule has 198 valence electrons. The maximum atomic E-state index is 13.8. The number of hydrogen-bond acceptors (Lipinski definition) is 3. The molecule has 0 aliphatic heterocycles. The topological polar surface area (TPSA) is 44.3 Å². The molecule has 3 aromatic carbocycles. The second kappa shape index (κ2) is 11.6. The molecule has 3 atom stereocenters. The van der Waals surface area contributed by atoms with E-state index in [1.807, 2.05) is 0 Å². The fourth-order valence-corrected chi connectivity index (χ4v) is 4.92. The number of fused-ring (bicyclic) bond motifs is 1. The van der Waals surface area contributed by atoms with Crippen LogP contribution in [0.15, 0.2) is 60.7 Å². The summed E-state index contributed by atoms with van der Waals surface area (Å²) < 4.78 is 66.5. The van der Waals surface area contributed by atoms with Crippen LogP contribution in [-0.2, 0) is 25.4 Å². The molecule has 0 radical (unpaired) electrons. The van der Waals surface area contributed by atoms with Crippen molar-refractivity contribution in [2.24, 2.45) is 0 Å². The van der Waals surface area contributed by atoms with E-state index in [-0.39, 0.29) is 19.0 Å². The number of anilines is 1. The zero-order valence-corrected chi connectivity index (χ0v) is 20.6. The van der Waals surface area contributed by atoms with Crippen LogP contribution >= 0.6 is 0 Å². The Hall–Kier alpha value is -2.97. The molecule has 0 aromatic heterocycles. The molecular weight excluding hydrogens is 487 g/mol. The molecule has 3 N–H and O–H groups in total. The Bertz CT molecular complexity index is 1180. The van der Waals surface area contributed by atoms with Gasteiger partial charge in [-0.1, -0.05) is 25.1 Å². The van der Waals surface area contributed by atoms with Crippen LogP contribution in [0.2, 0.25) is 0 Å². The van der Waals surface area contributed by atoms with Gasteiger partial charge in [0.1, 0.15) is 11.6 Å². The van der Waals surface area contributed by atoms with Crippen LogP contribution in [0.3, 0.4) is 0 Å². The highest BCUT2D eigenvalue weighted by Crippen LogP contribution is 2.32. The number of nitrogens with one attached hydrogen (secondary N) is 2. The average molecular weight is 519 g/mol. The van der Waals surface area contributed by atoms with E-state index < -0.39 is 35.5 Å². The summed E-state index contributed by atoms with van der Waals surface area (Å²) in [6.07, 6.45) is -1.53. The van der Waals surface area contributed by atoms with Gasteiger partial charge in [0.25, 0.3) is 0 Å². The number of rotatable bonds is 9. The third kappa shape index (κ3) is 7.08. The average Bonchev–Trinajstić information content (AvgIpc) is 2.85. The van der Waals surface area contributed by atoms with E-state index in [1.165, 1.54) is 41.0 Å². The largest absolute Gasteiger partial charge is 0.416 e. The number of halogens is 5. The van der Waals surface area contributed by atoms with E-state index in [4.69, 9.17) is 0 Å². The molecule has 4 rings (SSSR count). The van der Waals surface area contributed by atoms with E-state index in [2.05, 4.69) is 35.8 Å². The minimum absolute atomic E-state index is 0.0585. The van der Waals surface area contributed by atoms with Gasteiger partial charge in [0.15, 0.2) is 0 Å². The molecule has 0 fully saturated rings. The van der Waals surface area contributed by atoms with E-state index in [9.17, 15) is 27.1 Å². The molecule has 0 heterocycles. The molecule has 0 amide bonds. The molecule has 3 aromatic rings. The number of aryl methyl sites for hydroxylation is 2. The molecule has 0 bridgehead atoms. The SMILES string of the molecule is CCc1ccc2c(c1)[C@@H](NC[C@@H](O)[C@H](Cc1cc(F)cc(F)c1)Nc1ccc(C(F)(F)F)cc1)CCC2. The van der Waals surface area contributed by atoms with Crippen molar-refractivity contribution in [3.8, 4) is 0 Å². The van der Waals surface area contributed by atoms with Gasteiger partial charge in [0.2, 0.25) is 0 Å². The van der Waals surface area contributed by atoms with Crippen LogP contribution < -0.4 is 10.6 Å². The Morgan fingerprint density at radius 1 is 0.946 bits per heavy atom. The van der Waals surface area contributed by atoms with Crippen molar-refractivity contribution >= 4 is 5.69 Å². The first-order valence-electron chi connectivity index (χ1n) is 12.5. The molecule has 0 saturated carbocycles. The summed E-state index contributed by atoms with van der Waals surface area (Å²) in [5.41, 5.74) is 3.65. The van der Waals surface area contributed by atoms with Gasteiger partial charge < -0.3 is 15.7 Å². The second-order valence-corrected chi connectivity index (χ2v) is 9.61. The second-order valence-electron chi connectivity index (χ2n) is 9.61. The molecule has 37 heavy (non-hydrogen) atoms. The molecule has 1 aliphatic carbocycles. The maximum Gasteiger partial charge on any atom is 0.416 e. The highest BCUT2D eigenvalue weighted by molar-refractivity contribution is 5.46. The number of aliphatic hydroxyl groups is 1. The minimum atomic E-state index is -4.46. The van der Waals surface area contributed by atoms with Gasteiger partial charge in [-0.05, 0) is 90.8 Å². The highest BCUT2D eigenvalue weighted by atomic mass is 19.4. The molecule has 8 heteroatoms. The summed E-state index contributed by atoms with van der Waals surface area (Å²) in [5, 5.41) is 17.7. The third-order valence-electron chi connectivity index (χ3n) is 6.91. The number of benzene rings is 3. The lowest BCUT2D eigenvalue weighted by Gasteiger charge is -2.31. The quantitative estimate of drug-likeness (QED) is 0.280. The smallest absolute Gasteiger partial charge is 0.390 e. The normalized spacial score (nSPS) is 17.2. The van der Waals surface area contributed by atoms with Crippen LogP contribution in [0, 0.1) is 11.6 Å². The molecule has 0 spiro atoms. The van der Waals surface area contributed by atoms with Gasteiger partial charge in [0, 0.05) is 24.3 Å². The van der Waals surface area contributed by atoms with Crippen molar-refractivity contribution in [2.45, 2.75) is 63.4 Å². The fraction of sp³-hybridized carbons (Fsp3) is 0.379. The Morgan fingerprint density at radius 2 is 1.65 bits per heavy atom. The molecule has 3 nitrogen and oxygen atoms in total. The monoisotopic (exact) mass is 518 g/mol. The fourth-order valence-electron chi connectivity index (χ4n) is 4.92. The van der Waals surface area contributed by atoms with E-state index in [1.54, 1.807) is 0 Å². The highest BCUT2D eigenvalue weighted by Gasteiger charge is 2.30. The first-order chi connectivity index (χ1) is 17.6. The van der Waals surface area contributed by atoms with Crippen molar-refractivity contribution in [1.82, 2.24) is 5.32 Å². The first-order valence-corrected chi connectivity index (χ1v) is 12.5. The summed E-state index contributed by atoms with van der Waals surface area (Å²) in [6.45, 7) is 2.29. The standard InChI is InChI=1S/C29H31F5N2O/c1-2-18-6-7-20-4-3-5-26(25(20)14-18)35-17-28(37)27(15-19-12-22(30)16-23(31)13-19)36-24-10-8-21(9-11-24)29(32,33)34/h6-14,16,26-28,35-37H,2-5,15,17H2,1H3/t26-,27-,28+/m0/s1. The molecule has 0 saturated heterocycles. The van der Waals surface area contributed by atoms with E-state index in [0.29, 0.717) is 11.3 Å². The predicted octanol–water partition coefficient (Wildman–Crippen LogP) is 6.60. The summed E-state index contributed by atoms with van der Waals surface area (Å²) >= 11 is 0. The van der Waals surface area contributed by atoms with E-state index in [0.717, 1.165) is 43.9 Å². The van der Waals surface area contributed by atoms with Crippen LogP contribution in [0.5, 0.6) is 0 Å². The summed E-state index contributed by atoms with van der Waals surface area (Å²) in [5.74, 6) is -1.47. The van der Waals surface area contributed by atoms with Gasteiger partial charge >= 0.3 is 6.18 Å². The Kier molecular flexibility index (Phi) is 8.49. The molecular formula is C29H31F5N2O. The Labute approximate surface area is 213 Å². The van der Waals surface area contributed by atoms with Crippen molar-refractivity contribution in [3.63, 3.8) is 0 Å². The van der Waals surface area contributed by atoms with Gasteiger partial charge in [-0.15, -0.1) is 0 Å². The zero-order chi connectivity index (χ0) is 26.6. The van der Waals surface area contributed by atoms with Crippen molar-refractivity contribution < 1.29 is 27.1 Å². The van der Waals surface area contributed by atoms with Crippen molar-refractivity contribution in [3.05, 3.63) is 100 Å². The predicted molar refractivity (Wildman–Crippen MR) is 134 cm³/mol. The number of hydrogen-bond donors (Lipinski definition) is 3. The van der Waals surface area contributed by atoms with Crippen molar-refractivity contribution in [1.29, 1.82) is 0 Å². The minimum Gasteiger partial charge on any atom is -0.390 e. The lowest BCUT2D eigenvalue weighted by molar-refractivity contribution is -0.137. The van der Waals surface area contributed by atoms with Gasteiger partial charge in [-0.25, -0.2) is 8.78 Å². The van der Waals surface area contributed by atoms with Crippen LogP contribution in [0.4, 0.5) is 27.6 Å². The van der Waals surface area contributed by atoms with E-state index >= 15 is 0 Å². The summed E-state index contributed by atoms with van der Waals surface area (Å²) in [6, 6.07) is 13.5. The maximum absolute atomic E-state index is 13.8. The summed E-state index contributed by atoms with van der Waals surface area (Å²) in [4.78, 5) is 0.